The molecule has 0 bridgehead atoms. The van der Waals surface area contributed by atoms with Gasteiger partial charge in [-0.1, -0.05) is 47.6 Å². The number of amides is 1. The van der Waals surface area contributed by atoms with E-state index in [-0.39, 0.29) is 11.6 Å². The van der Waals surface area contributed by atoms with E-state index in [2.05, 4.69) is 28.7 Å². The number of ether oxygens (including phenoxy) is 1. The molecule has 3 aromatic rings. The molecular formula is C23H22N2O3S. The highest BCUT2D eigenvalue weighted by Crippen LogP contribution is 2.29. The summed E-state index contributed by atoms with van der Waals surface area (Å²) >= 11 is 1.77. The molecule has 0 spiro atoms. The van der Waals surface area contributed by atoms with Crippen molar-refractivity contribution in [3.63, 3.8) is 0 Å². The van der Waals surface area contributed by atoms with Crippen LogP contribution >= 0.6 is 11.8 Å². The van der Waals surface area contributed by atoms with Gasteiger partial charge in [-0.05, 0) is 42.0 Å². The topological polar surface area (TPSA) is 59.9 Å². The molecule has 0 saturated heterocycles. The van der Waals surface area contributed by atoms with E-state index in [9.17, 15) is 4.79 Å². The number of rotatable bonds is 8. The van der Waals surface area contributed by atoms with Crippen LogP contribution in [0.5, 0.6) is 11.5 Å². The van der Waals surface area contributed by atoms with Crippen molar-refractivity contribution in [3.05, 3.63) is 90.0 Å². The lowest BCUT2D eigenvalue weighted by Gasteiger charge is -2.13. The summed E-state index contributed by atoms with van der Waals surface area (Å²) in [6.45, 7) is 0. The van der Waals surface area contributed by atoms with Crippen molar-refractivity contribution < 1.29 is 14.4 Å². The minimum Gasteiger partial charge on any atom is -0.457 e. The second kappa shape index (κ2) is 10.3. The summed E-state index contributed by atoms with van der Waals surface area (Å²) in [5.74, 6) is 1.70. The Bertz CT molecular complexity index is 990. The van der Waals surface area contributed by atoms with Crippen LogP contribution in [0.4, 0.5) is 0 Å². The van der Waals surface area contributed by atoms with E-state index in [0.717, 1.165) is 11.3 Å². The lowest BCUT2D eigenvalue weighted by Crippen LogP contribution is -2.28. The summed E-state index contributed by atoms with van der Waals surface area (Å²) in [6.07, 6.45) is 0. The second-order valence-corrected chi connectivity index (χ2v) is 7.10. The van der Waals surface area contributed by atoms with E-state index in [0.29, 0.717) is 17.1 Å². The Kier molecular flexibility index (Phi) is 7.30. The monoisotopic (exact) mass is 406 g/mol. The number of oxime groups is 1. The lowest BCUT2D eigenvalue weighted by atomic mass is 10.1. The highest BCUT2D eigenvalue weighted by molar-refractivity contribution is 7.98. The van der Waals surface area contributed by atoms with Crippen LogP contribution in [0.1, 0.15) is 11.1 Å². The number of benzene rings is 3. The summed E-state index contributed by atoms with van der Waals surface area (Å²) in [5, 5.41) is 6.44. The van der Waals surface area contributed by atoms with Crippen LogP contribution in [0.25, 0.3) is 0 Å². The van der Waals surface area contributed by atoms with Gasteiger partial charge in [0.2, 0.25) is 0 Å². The second-order valence-electron chi connectivity index (χ2n) is 6.05. The maximum absolute atomic E-state index is 12.2. The van der Waals surface area contributed by atoms with Crippen LogP contribution < -0.4 is 10.1 Å². The largest absolute Gasteiger partial charge is 0.457 e. The van der Waals surface area contributed by atoms with E-state index in [1.54, 1.807) is 30.9 Å². The average Bonchev–Trinajstić information content (AvgIpc) is 2.77. The van der Waals surface area contributed by atoms with Gasteiger partial charge in [0.15, 0.2) is 5.71 Å². The van der Waals surface area contributed by atoms with Gasteiger partial charge in [0.05, 0.1) is 5.56 Å². The zero-order valence-electron chi connectivity index (χ0n) is 16.3. The van der Waals surface area contributed by atoms with Crippen molar-refractivity contribution >= 4 is 23.4 Å². The van der Waals surface area contributed by atoms with Crippen LogP contribution in [-0.2, 0) is 15.4 Å². The van der Waals surface area contributed by atoms with Crippen molar-refractivity contribution in [2.24, 2.45) is 5.16 Å². The highest BCUT2D eigenvalue weighted by Gasteiger charge is 2.18. The zero-order valence-corrected chi connectivity index (χ0v) is 17.1. The molecule has 0 unspecified atom stereocenters. The van der Waals surface area contributed by atoms with E-state index in [1.807, 2.05) is 48.5 Å². The third kappa shape index (κ3) is 5.62. The molecular weight excluding hydrogens is 384 g/mol. The van der Waals surface area contributed by atoms with Crippen molar-refractivity contribution in [3.8, 4) is 11.5 Å². The summed E-state index contributed by atoms with van der Waals surface area (Å²) in [7, 11) is 2.95. The van der Waals surface area contributed by atoms with Crippen molar-refractivity contribution in [2.75, 3.05) is 14.2 Å². The third-order valence-electron chi connectivity index (χ3n) is 4.04. The molecule has 0 atom stereocenters. The number of nitrogens with one attached hydrogen (secondary N) is 1. The zero-order chi connectivity index (χ0) is 20.5. The molecule has 0 aliphatic rings. The van der Waals surface area contributed by atoms with Crippen LogP contribution in [-0.4, -0.2) is 25.8 Å². The normalized spacial score (nSPS) is 11.0. The number of para-hydroxylation sites is 1. The van der Waals surface area contributed by atoms with Gasteiger partial charge in [0.1, 0.15) is 18.6 Å². The first kappa shape index (κ1) is 20.5. The molecule has 0 saturated carbocycles. The van der Waals surface area contributed by atoms with Gasteiger partial charge >= 0.3 is 0 Å². The van der Waals surface area contributed by atoms with Gasteiger partial charge in [-0.3, -0.25) is 4.79 Å². The van der Waals surface area contributed by atoms with E-state index >= 15 is 0 Å². The van der Waals surface area contributed by atoms with E-state index in [4.69, 9.17) is 9.57 Å². The molecule has 0 fully saturated rings. The minimum atomic E-state index is -0.351. The Labute approximate surface area is 174 Å². The predicted molar refractivity (Wildman–Crippen MR) is 117 cm³/mol. The Morgan fingerprint density at radius 1 is 1.00 bits per heavy atom. The maximum Gasteiger partial charge on any atom is 0.273 e. The number of hydrogen-bond acceptors (Lipinski definition) is 5. The third-order valence-corrected chi connectivity index (χ3v) is 5.13. The number of carbonyl (C=O) groups is 1. The number of nitrogens with zero attached hydrogens (tertiary/aromatic N) is 1. The minimum absolute atomic E-state index is 0.154. The van der Waals surface area contributed by atoms with Gasteiger partial charge in [-0.15, -0.1) is 11.8 Å². The molecule has 0 radical (unpaired) electrons. The maximum atomic E-state index is 12.2. The molecule has 0 aromatic heterocycles. The summed E-state index contributed by atoms with van der Waals surface area (Å²) in [5.41, 5.74) is 1.85. The van der Waals surface area contributed by atoms with Crippen molar-refractivity contribution in [1.82, 2.24) is 5.32 Å². The summed E-state index contributed by atoms with van der Waals surface area (Å²) < 4.78 is 6.10. The lowest BCUT2D eigenvalue weighted by molar-refractivity contribution is -0.114. The van der Waals surface area contributed by atoms with Crippen molar-refractivity contribution in [2.45, 2.75) is 10.6 Å². The SMILES string of the molecule is CNC(=O)C(=NOC)c1ccccc1Oc1cccc(CSc2ccccc2)c1. The highest BCUT2D eigenvalue weighted by atomic mass is 32.2. The number of thioether (sulfide) groups is 1. The fraction of sp³-hybridized carbons (Fsp3) is 0.130. The predicted octanol–water partition coefficient (Wildman–Crippen LogP) is 4.87. The fourth-order valence-electron chi connectivity index (χ4n) is 2.68. The van der Waals surface area contributed by atoms with E-state index in [1.165, 1.54) is 12.0 Å². The van der Waals surface area contributed by atoms with Gasteiger partial charge < -0.3 is 14.9 Å². The molecule has 148 valence electrons. The van der Waals surface area contributed by atoms with Gasteiger partial charge in [0.25, 0.3) is 5.91 Å². The smallest absolute Gasteiger partial charge is 0.273 e. The molecule has 0 aliphatic heterocycles. The Morgan fingerprint density at radius 2 is 1.76 bits per heavy atom. The summed E-state index contributed by atoms with van der Waals surface area (Å²) in [6, 6.07) is 25.4. The average molecular weight is 407 g/mol. The van der Waals surface area contributed by atoms with Crippen LogP contribution in [0.3, 0.4) is 0 Å². The first-order valence-electron chi connectivity index (χ1n) is 9.08. The number of hydrogen-bond donors (Lipinski definition) is 1. The van der Waals surface area contributed by atoms with Crippen LogP contribution in [0.15, 0.2) is 88.9 Å². The first-order chi connectivity index (χ1) is 14.2. The van der Waals surface area contributed by atoms with Gasteiger partial charge in [0, 0.05) is 17.7 Å². The molecule has 0 heterocycles. The first-order valence-corrected chi connectivity index (χ1v) is 10.1. The van der Waals surface area contributed by atoms with Crippen molar-refractivity contribution in [1.29, 1.82) is 0 Å². The molecule has 3 rings (SSSR count). The molecule has 29 heavy (non-hydrogen) atoms. The van der Waals surface area contributed by atoms with Crippen LogP contribution in [0, 0.1) is 0 Å². The fourth-order valence-corrected chi connectivity index (χ4v) is 3.55. The van der Waals surface area contributed by atoms with Gasteiger partial charge in [-0.25, -0.2) is 0 Å². The molecule has 5 nitrogen and oxygen atoms in total. The molecule has 1 N–H and O–H groups in total. The standard InChI is InChI=1S/C23H22N2O3S/c1-24-23(26)22(25-27-2)20-13-6-7-14-21(20)28-18-10-8-9-17(15-18)16-29-19-11-4-3-5-12-19/h3-15H,16H2,1-2H3,(H,24,26). The van der Waals surface area contributed by atoms with E-state index < -0.39 is 0 Å². The van der Waals surface area contributed by atoms with Gasteiger partial charge in [-0.2, -0.15) is 0 Å². The molecule has 3 aromatic carbocycles. The summed E-state index contributed by atoms with van der Waals surface area (Å²) in [4.78, 5) is 18.3. The molecule has 6 heteroatoms. The Morgan fingerprint density at radius 3 is 2.52 bits per heavy atom. The quantitative estimate of drug-likeness (QED) is 0.329. The Balaban J connectivity index is 1.80. The molecule has 1 amide bonds. The molecule has 0 aliphatic carbocycles. The number of carbonyl (C=O) groups excluding carboxylic acids is 1. The number of likely N-dealkylation sites (N-methyl/N-ethyl adjacent to an activating group) is 1. The van der Waals surface area contributed by atoms with Crippen LogP contribution in [0.2, 0.25) is 0 Å². The Hall–Kier alpha value is -3.25.